The van der Waals surface area contributed by atoms with Crippen LogP contribution in [0, 0.1) is 11.3 Å². The van der Waals surface area contributed by atoms with Gasteiger partial charge in [-0.25, -0.2) is 0 Å². The number of carbonyl (C=O) groups is 1. The summed E-state index contributed by atoms with van der Waals surface area (Å²) in [5.74, 6) is 0.0845. The Morgan fingerprint density at radius 2 is 1.94 bits per heavy atom. The normalized spacial score (nSPS) is 20.2. The first-order valence-corrected chi connectivity index (χ1v) is 6.90. The summed E-state index contributed by atoms with van der Waals surface area (Å²) in [7, 11) is 0. The largest absolute Gasteiger partial charge is 0.481 e. The third-order valence-corrected chi connectivity index (χ3v) is 4.15. The summed E-state index contributed by atoms with van der Waals surface area (Å²) >= 11 is 0. The van der Waals surface area contributed by atoms with Gasteiger partial charge < -0.3 is 10.4 Å². The van der Waals surface area contributed by atoms with Crippen molar-refractivity contribution in [2.24, 2.45) is 11.3 Å². The first-order chi connectivity index (χ1) is 7.93. The van der Waals surface area contributed by atoms with E-state index >= 15 is 0 Å². The maximum absolute atomic E-state index is 11.0. The molecule has 1 aliphatic rings. The molecule has 0 bridgehead atoms. The molecular formula is C14H27NO2. The first kappa shape index (κ1) is 14.5. The monoisotopic (exact) mass is 241 g/mol. The van der Waals surface area contributed by atoms with Crippen LogP contribution in [0.15, 0.2) is 0 Å². The number of carboxylic acid groups (broad SMARTS) is 1. The predicted octanol–water partition coefficient (Wildman–Crippen LogP) is 3.05. The van der Waals surface area contributed by atoms with E-state index in [0.29, 0.717) is 12.5 Å². The van der Waals surface area contributed by atoms with Crippen molar-refractivity contribution in [3.05, 3.63) is 0 Å². The van der Waals surface area contributed by atoms with Gasteiger partial charge in [0.1, 0.15) is 0 Å². The average Bonchev–Trinajstić information content (AvgIpc) is 2.29. The Balaban J connectivity index is 2.23. The van der Waals surface area contributed by atoms with Crippen LogP contribution < -0.4 is 5.32 Å². The molecule has 0 aromatic heterocycles. The second-order valence-electron chi connectivity index (χ2n) is 6.08. The van der Waals surface area contributed by atoms with Crippen LogP contribution in [-0.2, 0) is 4.79 Å². The molecule has 0 radical (unpaired) electrons. The minimum absolute atomic E-state index is 0.528. The third-order valence-electron chi connectivity index (χ3n) is 4.15. The van der Waals surface area contributed by atoms with Crippen molar-refractivity contribution in [1.29, 1.82) is 0 Å². The summed E-state index contributed by atoms with van der Waals surface area (Å²) in [6.45, 7) is 6.63. The summed E-state index contributed by atoms with van der Waals surface area (Å²) < 4.78 is 0. The molecule has 3 heteroatoms. The third kappa shape index (κ3) is 4.66. The van der Waals surface area contributed by atoms with Crippen molar-refractivity contribution >= 4 is 5.97 Å². The van der Waals surface area contributed by atoms with E-state index in [1.807, 2.05) is 0 Å². The fourth-order valence-corrected chi connectivity index (χ4v) is 2.52. The minimum atomic E-state index is -0.704. The molecule has 2 N–H and O–H groups in total. The van der Waals surface area contributed by atoms with Gasteiger partial charge in [-0.3, -0.25) is 4.79 Å². The van der Waals surface area contributed by atoms with Gasteiger partial charge in [-0.05, 0) is 52.5 Å². The van der Waals surface area contributed by atoms with Crippen LogP contribution >= 0.6 is 0 Å². The van der Waals surface area contributed by atoms with E-state index in [1.54, 1.807) is 13.8 Å². The highest BCUT2D eigenvalue weighted by Crippen LogP contribution is 2.26. The van der Waals surface area contributed by atoms with Crippen LogP contribution in [0.25, 0.3) is 0 Å². The van der Waals surface area contributed by atoms with E-state index < -0.39 is 11.4 Å². The zero-order chi connectivity index (χ0) is 12.9. The molecule has 1 rings (SSSR count). The Labute approximate surface area is 105 Å². The van der Waals surface area contributed by atoms with E-state index in [9.17, 15) is 4.79 Å². The number of nitrogens with one attached hydrogen (secondary N) is 1. The van der Waals surface area contributed by atoms with Gasteiger partial charge in [-0.1, -0.05) is 19.3 Å². The fourth-order valence-electron chi connectivity index (χ4n) is 2.52. The highest BCUT2D eigenvalue weighted by atomic mass is 16.4. The molecule has 3 nitrogen and oxygen atoms in total. The number of aliphatic carboxylic acids is 1. The lowest BCUT2D eigenvalue weighted by atomic mass is 9.84. The van der Waals surface area contributed by atoms with Gasteiger partial charge in [0, 0.05) is 6.04 Å². The van der Waals surface area contributed by atoms with Crippen LogP contribution in [0.5, 0.6) is 0 Å². The average molecular weight is 241 g/mol. The van der Waals surface area contributed by atoms with Gasteiger partial charge in [0.15, 0.2) is 0 Å². The van der Waals surface area contributed by atoms with Crippen molar-refractivity contribution in [2.45, 2.75) is 65.3 Å². The molecule has 0 amide bonds. The molecule has 0 spiro atoms. The van der Waals surface area contributed by atoms with Gasteiger partial charge in [0.25, 0.3) is 0 Å². The predicted molar refractivity (Wildman–Crippen MR) is 70.1 cm³/mol. The smallest absolute Gasteiger partial charge is 0.309 e. The van der Waals surface area contributed by atoms with Gasteiger partial charge in [-0.2, -0.15) is 0 Å². The Bertz CT molecular complexity index is 245. The molecule has 100 valence electrons. The lowest BCUT2D eigenvalue weighted by Gasteiger charge is -2.29. The first-order valence-electron chi connectivity index (χ1n) is 6.90. The van der Waals surface area contributed by atoms with E-state index in [2.05, 4.69) is 12.2 Å². The van der Waals surface area contributed by atoms with Crippen LogP contribution in [0.1, 0.15) is 59.3 Å². The number of rotatable bonds is 6. The van der Waals surface area contributed by atoms with E-state index in [1.165, 1.54) is 32.1 Å². The lowest BCUT2D eigenvalue weighted by Crippen LogP contribution is -2.37. The summed E-state index contributed by atoms with van der Waals surface area (Å²) in [4.78, 5) is 11.0. The van der Waals surface area contributed by atoms with E-state index in [0.717, 1.165) is 12.5 Å². The highest BCUT2D eigenvalue weighted by Gasteiger charge is 2.27. The summed E-state index contributed by atoms with van der Waals surface area (Å²) in [5, 5.41) is 12.5. The highest BCUT2D eigenvalue weighted by molar-refractivity contribution is 5.73. The van der Waals surface area contributed by atoms with Crippen LogP contribution in [0.2, 0.25) is 0 Å². The summed E-state index contributed by atoms with van der Waals surface area (Å²) in [6.07, 6.45) is 7.45. The maximum Gasteiger partial charge on any atom is 0.309 e. The SMILES string of the molecule is CC(NCCC(C)(C)C(=O)O)C1CCCCC1. The number of hydrogen-bond acceptors (Lipinski definition) is 2. The molecule has 1 unspecified atom stereocenters. The molecular weight excluding hydrogens is 214 g/mol. The molecule has 1 aliphatic carbocycles. The van der Waals surface area contributed by atoms with Gasteiger partial charge in [0.2, 0.25) is 0 Å². The quantitative estimate of drug-likeness (QED) is 0.751. The molecule has 17 heavy (non-hydrogen) atoms. The standard InChI is InChI=1S/C14H27NO2/c1-11(12-7-5-4-6-8-12)15-10-9-14(2,3)13(16)17/h11-12,15H,4-10H2,1-3H3,(H,16,17). The van der Waals surface area contributed by atoms with Gasteiger partial charge in [-0.15, -0.1) is 0 Å². The molecule has 0 aliphatic heterocycles. The molecule has 1 atom stereocenters. The topological polar surface area (TPSA) is 49.3 Å². The van der Waals surface area contributed by atoms with E-state index in [-0.39, 0.29) is 0 Å². The van der Waals surface area contributed by atoms with Crippen LogP contribution in [0.4, 0.5) is 0 Å². The fraction of sp³-hybridized carbons (Fsp3) is 0.929. The van der Waals surface area contributed by atoms with Crippen molar-refractivity contribution in [2.75, 3.05) is 6.54 Å². The van der Waals surface area contributed by atoms with Gasteiger partial charge >= 0.3 is 5.97 Å². The molecule has 0 aromatic carbocycles. The number of hydrogen-bond donors (Lipinski definition) is 2. The van der Waals surface area contributed by atoms with Crippen molar-refractivity contribution < 1.29 is 9.90 Å². The van der Waals surface area contributed by atoms with Gasteiger partial charge in [0.05, 0.1) is 5.41 Å². The molecule has 0 heterocycles. The van der Waals surface area contributed by atoms with Crippen LogP contribution in [-0.4, -0.2) is 23.7 Å². The molecule has 0 aromatic rings. The second-order valence-corrected chi connectivity index (χ2v) is 6.08. The zero-order valence-corrected chi connectivity index (χ0v) is 11.5. The second kappa shape index (κ2) is 6.39. The summed E-state index contributed by atoms with van der Waals surface area (Å²) in [6, 6.07) is 0.528. The zero-order valence-electron chi connectivity index (χ0n) is 11.5. The van der Waals surface area contributed by atoms with Crippen molar-refractivity contribution in [1.82, 2.24) is 5.32 Å². The Morgan fingerprint density at radius 3 is 2.47 bits per heavy atom. The molecule has 1 saturated carbocycles. The van der Waals surface area contributed by atoms with Crippen LogP contribution in [0.3, 0.4) is 0 Å². The Kier molecular flexibility index (Phi) is 5.44. The summed E-state index contributed by atoms with van der Waals surface area (Å²) in [5.41, 5.74) is -0.612. The van der Waals surface area contributed by atoms with Crippen molar-refractivity contribution in [3.63, 3.8) is 0 Å². The lowest BCUT2D eigenvalue weighted by molar-refractivity contribution is -0.147. The molecule has 0 saturated heterocycles. The maximum atomic E-state index is 11.0. The Hall–Kier alpha value is -0.570. The molecule has 1 fully saturated rings. The minimum Gasteiger partial charge on any atom is -0.481 e. The number of carboxylic acids is 1. The Morgan fingerprint density at radius 1 is 1.35 bits per heavy atom. The van der Waals surface area contributed by atoms with Crippen molar-refractivity contribution in [3.8, 4) is 0 Å². The van der Waals surface area contributed by atoms with E-state index in [4.69, 9.17) is 5.11 Å².